The van der Waals surface area contributed by atoms with Gasteiger partial charge in [-0.1, -0.05) is 17.7 Å². The Hall–Kier alpha value is -2.79. The van der Waals surface area contributed by atoms with Crippen molar-refractivity contribution in [1.29, 1.82) is 0 Å². The number of carbonyl (C=O) groups excluding carboxylic acids is 1. The molecule has 1 heterocycles. The molecule has 0 amide bonds. The van der Waals surface area contributed by atoms with Crippen LogP contribution in [0, 0.1) is 0 Å². The first-order chi connectivity index (χ1) is 12.1. The van der Waals surface area contributed by atoms with Crippen molar-refractivity contribution in [1.82, 2.24) is 0 Å². The molecule has 0 fully saturated rings. The zero-order valence-corrected chi connectivity index (χ0v) is 14.5. The minimum Gasteiger partial charge on any atom is -0.493 e. The smallest absolute Gasteiger partial charge is 0.363 e. The SMILES string of the molecule is CCOc1cc(/C=C2/N=C(c3ccc(Cl)cc3)OC2=O)ccc1OC. The van der Waals surface area contributed by atoms with Crippen LogP contribution < -0.4 is 9.47 Å². The number of cyclic esters (lactones) is 1. The molecule has 0 N–H and O–H groups in total. The van der Waals surface area contributed by atoms with Crippen LogP contribution in [0.25, 0.3) is 6.08 Å². The normalized spacial score (nSPS) is 15.1. The fourth-order valence-electron chi connectivity index (χ4n) is 2.33. The number of methoxy groups -OCH3 is 1. The molecule has 0 saturated heterocycles. The van der Waals surface area contributed by atoms with Crippen LogP contribution in [0.1, 0.15) is 18.1 Å². The topological polar surface area (TPSA) is 57.1 Å². The lowest BCUT2D eigenvalue weighted by atomic mass is 10.1. The van der Waals surface area contributed by atoms with E-state index in [9.17, 15) is 4.79 Å². The van der Waals surface area contributed by atoms with Gasteiger partial charge in [-0.2, -0.15) is 0 Å². The van der Waals surface area contributed by atoms with E-state index in [-0.39, 0.29) is 11.6 Å². The van der Waals surface area contributed by atoms with Gasteiger partial charge in [0.2, 0.25) is 5.90 Å². The molecule has 2 aromatic carbocycles. The molecular weight excluding hydrogens is 342 g/mol. The summed E-state index contributed by atoms with van der Waals surface area (Å²) in [6.45, 7) is 2.40. The lowest BCUT2D eigenvalue weighted by Gasteiger charge is -2.09. The van der Waals surface area contributed by atoms with Crippen molar-refractivity contribution in [2.75, 3.05) is 13.7 Å². The minimum atomic E-state index is -0.501. The zero-order valence-electron chi connectivity index (χ0n) is 13.8. The maximum atomic E-state index is 12.1. The first-order valence-corrected chi connectivity index (χ1v) is 8.08. The second kappa shape index (κ2) is 7.40. The maximum absolute atomic E-state index is 12.1. The summed E-state index contributed by atoms with van der Waals surface area (Å²) in [5, 5.41) is 0.603. The van der Waals surface area contributed by atoms with Gasteiger partial charge in [-0.15, -0.1) is 0 Å². The third-order valence-electron chi connectivity index (χ3n) is 3.50. The lowest BCUT2D eigenvalue weighted by molar-refractivity contribution is -0.129. The van der Waals surface area contributed by atoms with E-state index < -0.39 is 5.97 Å². The molecule has 0 bridgehead atoms. The van der Waals surface area contributed by atoms with E-state index in [2.05, 4.69) is 4.99 Å². The van der Waals surface area contributed by atoms with E-state index in [0.717, 1.165) is 5.56 Å². The molecule has 25 heavy (non-hydrogen) atoms. The zero-order chi connectivity index (χ0) is 17.8. The highest BCUT2D eigenvalue weighted by molar-refractivity contribution is 6.30. The monoisotopic (exact) mass is 357 g/mol. The molecule has 0 spiro atoms. The molecule has 6 heteroatoms. The largest absolute Gasteiger partial charge is 0.493 e. The van der Waals surface area contributed by atoms with Crippen LogP contribution in [-0.4, -0.2) is 25.6 Å². The molecule has 1 aliphatic heterocycles. The van der Waals surface area contributed by atoms with E-state index >= 15 is 0 Å². The van der Waals surface area contributed by atoms with Crippen LogP contribution in [0.4, 0.5) is 0 Å². The van der Waals surface area contributed by atoms with Crippen LogP contribution >= 0.6 is 11.6 Å². The standard InChI is InChI=1S/C19H16ClNO4/c1-3-24-17-11-12(4-9-16(17)23-2)10-15-19(22)25-18(21-15)13-5-7-14(20)8-6-13/h4-11H,3H2,1-2H3/b15-10+. The van der Waals surface area contributed by atoms with Gasteiger partial charge in [-0.25, -0.2) is 9.79 Å². The highest BCUT2D eigenvalue weighted by Crippen LogP contribution is 2.29. The van der Waals surface area contributed by atoms with Gasteiger partial charge in [0.15, 0.2) is 17.2 Å². The Morgan fingerprint density at radius 1 is 1.16 bits per heavy atom. The average molecular weight is 358 g/mol. The Kier molecular flexibility index (Phi) is 5.05. The predicted octanol–water partition coefficient (Wildman–Crippen LogP) is 4.09. The minimum absolute atomic E-state index is 0.220. The molecule has 0 aromatic heterocycles. The molecule has 0 unspecified atom stereocenters. The Morgan fingerprint density at radius 2 is 1.92 bits per heavy atom. The van der Waals surface area contributed by atoms with Crippen molar-refractivity contribution >= 4 is 29.5 Å². The molecule has 0 aliphatic carbocycles. The van der Waals surface area contributed by atoms with E-state index in [1.54, 1.807) is 49.6 Å². The van der Waals surface area contributed by atoms with Crippen LogP contribution in [0.15, 0.2) is 53.2 Å². The number of benzene rings is 2. The van der Waals surface area contributed by atoms with E-state index in [0.29, 0.717) is 28.7 Å². The number of ether oxygens (including phenoxy) is 3. The number of carbonyl (C=O) groups is 1. The van der Waals surface area contributed by atoms with Crippen LogP contribution in [0.3, 0.4) is 0 Å². The summed E-state index contributed by atoms with van der Waals surface area (Å²) in [7, 11) is 1.58. The van der Waals surface area contributed by atoms with Gasteiger partial charge in [0.05, 0.1) is 13.7 Å². The van der Waals surface area contributed by atoms with Crippen molar-refractivity contribution in [2.24, 2.45) is 4.99 Å². The first kappa shape index (κ1) is 17.0. The summed E-state index contributed by atoms with van der Waals surface area (Å²) >= 11 is 5.87. The number of hydrogen-bond donors (Lipinski definition) is 0. The second-order valence-electron chi connectivity index (χ2n) is 5.19. The van der Waals surface area contributed by atoms with Gasteiger partial charge < -0.3 is 14.2 Å². The van der Waals surface area contributed by atoms with Crippen molar-refractivity contribution in [3.8, 4) is 11.5 Å². The number of nitrogens with zero attached hydrogens (tertiary/aromatic N) is 1. The van der Waals surface area contributed by atoms with Gasteiger partial charge in [-0.05, 0) is 55.0 Å². The van der Waals surface area contributed by atoms with Crippen molar-refractivity contribution in [3.63, 3.8) is 0 Å². The molecule has 3 rings (SSSR count). The number of rotatable bonds is 5. The molecule has 0 saturated carbocycles. The number of esters is 1. The molecule has 0 atom stereocenters. The molecule has 5 nitrogen and oxygen atoms in total. The highest BCUT2D eigenvalue weighted by Gasteiger charge is 2.24. The Morgan fingerprint density at radius 3 is 2.60 bits per heavy atom. The van der Waals surface area contributed by atoms with Crippen molar-refractivity contribution < 1.29 is 19.0 Å². The maximum Gasteiger partial charge on any atom is 0.363 e. The lowest BCUT2D eigenvalue weighted by Crippen LogP contribution is -2.05. The predicted molar refractivity (Wildman–Crippen MR) is 96.2 cm³/mol. The number of hydrogen-bond acceptors (Lipinski definition) is 5. The van der Waals surface area contributed by atoms with Gasteiger partial charge in [0.25, 0.3) is 0 Å². The quantitative estimate of drug-likeness (QED) is 0.597. The average Bonchev–Trinajstić information content (AvgIpc) is 2.97. The van der Waals surface area contributed by atoms with Crippen LogP contribution in [0.2, 0.25) is 5.02 Å². The number of aliphatic imine (C=N–C) groups is 1. The first-order valence-electron chi connectivity index (χ1n) is 7.70. The third kappa shape index (κ3) is 3.83. The van der Waals surface area contributed by atoms with E-state index in [4.69, 9.17) is 25.8 Å². The second-order valence-corrected chi connectivity index (χ2v) is 5.62. The summed E-state index contributed by atoms with van der Waals surface area (Å²) in [5.74, 6) is 0.987. The number of halogens is 1. The fourth-order valence-corrected chi connectivity index (χ4v) is 2.46. The summed E-state index contributed by atoms with van der Waals surface area (Å²) in [4.78, 5) is 16.3. The van der Waals surface area contributed by atoms with Gasteiger partial charge in [0.1, 0.15) is 0 Å². The molecule has 2 aromatic rings. The van der Waals surface area contributed by atoms with E-state index in [1.165, 1.54) is 0 Å². The molecular formula is C19H16ClNO4. The van der Waals surface area contributed by atoms with E-state index in [1.807, 2.05) is 13.0 Å². The Labute approximate surface area is 150 Å². The molecule has 1 aliphatic rings. The molecule has 128 valence electrons. The van der Waals surface area contributed by atoms with Gasteiger partial charge >= 0.3 is 5.97 Å². The summed E-state index contributed by atoms with van der Waals surface area (Å²) in [6, 6.07) is 12.3. The van der Waals surface area contributed by atoms with Crippen molar-refractivity contribution in [2.45, 2.75) is 6.92 Å². The fraction of sp³-hybridized carbons (Fsp3) is 0.158. The van der Waals surface area contributed by atoms with Gasteiger partial charge in [0, 0.05) is 10.6 Å². The highest BCUT2D eigenvalue weighted by atomic mass is 35.5. The van der Waals surface area contributed by atoms with Crippen molar-refractivity contribution in [3.05, 3.63) is 64.3 Å². The Balaban J connectivity index is 1.91. The van der Waals surface area contributed by atoms with Crippen LogP contribution in [0.5, 0.6) is 11.5 Å². The summed E-state index contributed by atoms with van der Waals surface area (Å²) < 4.78 is 16.0. The summed E-state index contributed by atoms with van der Waals surface area (Å²) in [6.07, 6.45) is 1.65. The Bertz CT molecular complexity index is 856. The summed E-state index contributed by atoms with van der Waals surface area (Å²) in [5.41, 5.74) is 1.67. The molecule has 0 radical (unpaired) electrons. The van der Waals surface area contributed by atoms with Gasteiger partial charge in [-0.3, -0.25) is 0 Å². The van der Waals surface area contributed by atoms with Crippen LogP contribution in [-0.2, 0) is 9.53 Å². The third-order valence-corrected chi connectivity index (χ3v) is 3.75.